The second-order valence-corrected chi connectivity index (χ2v) is 5.52. The zero-order valence-corrected chi connectivity index (χ0v) is 9.68. The molecule has 1 aromatic rings. The standard InChI is InChI=1S/C12H14BrN/c13-11-7-9(12(14)5-6-12)3-4-10(11)8-1-2-8/h3-4,7-8H,1-2,5-6,14H2. The number of benzene rings is 1. The molecule has 2 heteroatoms. The summed E-state index contributed by atoms with van der Waals surface area (Å²) in [6.07, 6.45) is 4.99. The Morgan fingerprint density at radius 3 is 2.50 bits per heavy atom. The van der Waals surface area contributed by atoms with Gasteiger partial charge in [-0.3, -0.25) is 0 Å². The lowest BCUT2D eigenvalue weighted by atomic mass is 10.0. The van der Waals surface area contributed by atoms with E-state index in [2.05, 4.69) is 34.1 Å². The van der Waals surface area contributed by atoms with Gasteiger partial charge in [0.15, 0.2) is 0 Å². The van der Waals surface area contributed by atoms with Crippen molar-refractivity contribution in [2.45, 2.75) is 37.1 Å². The smallest absolute Gasteiger partial charge is 0.0411 e. The molecule has 0 atom stereocenters. The van der Waals surface area contributed by atoms with Gasteiger partial charge >= 0.3 is 0 Å². The van der Waals surface area contributed by atoms with E-state index in [1.807, 2.05) is 0 Å². The highest BCUT2D eigenvalue weighted by atomic mass is 79.9. The van der Waals surface area contributed by atoms with Gasteiger partial charge in [-0.15, -0.1) is 0 Å². The van der Waals surface area contributed by atoms with Gasteiger partial charge in [0, 0.05) is 10.0 Å². The molecule has 0 aliphatic heterocycles. The molecule has 0 unspecified atom stereocenters. The van der Waals surface area contributed by atoms with E-state index in [1.54, 1.807) is 0 Å². The minimum atomic E-state index is 0.00456. The van der Waals surface area contributed by atoms with Gasteiger partial charge in [0.05, 0.1) is 0 Å². The van der Waals surface area contributed by atoms with Crippen LogP contribution in [0.4, 0.5) is 0 Å². The molecule has 0 bridgehead atoms. The first-order valence-corrected chi connectivity index (χ1v) is 6.07. The van der Waals surface area contributed by atoms with Gasteiger partial charge in [-0.05, 0) is 48.8 Å². The predicted octanol–water partition coefficient (Wildman–Crippen LogP) is 3.27. The second kappa shape index (κ2) is 2.83. The molecule has 0 aromatic heterocycles. The molecule has 3 rings (SSSR count). The highest BCUT2D eigenvalue weighted by Crippen LogP contribution is 2.47. The predicted molar refractivity (Wildman–Crippen MR) is 61.2 cm³/mol. The third kappa shape index (κ3) is 1.41. The number of halogens is 1. The molecule has 0 spiro atoms. The Morgan fingerprint density at radius 1 is 1.29 bits per heavy atom. The number of hydrogen-bond donors (Lipinski definition) is 1. The maximum absolute atomic E-state index is 6.16. The minimum absolute atomic E-state index is 0.00456. The molecule has 14 heavy (non-hydrogen) atoms. The third-order valence-corrected chi connectivity index (χ3v) is 4.07. The molecule has 2 aliphatic carbocycles. The summed E-state index contributed by atoms with van der Waals surface area (Å²) in [6.45, 7) is 0. The lowest BCUT2D eigenvalue weighted by Gasteiger charge is -2.11. The Balaban J connectivity index is 1.97. The van der Waals surface area contributed by atoms with Crippen molar-refractivity contribution >= 4 is 15.9 Å². The van der Waals surface area contributed by atoms with Crippen LogP contribution in [0.15, 0.2) is 22.7 Å². The molecule has 2 fully saturated rings. The van der Waals surface area contributed by atoms with Crippen molar-refractivity contribution in [2.24, 2.45) is 5.73 Å². The molecule has 0 saturated heterocycles. The van der Waals surface area contributed by atoms with Gasteiger partial charge in [-0.2, -0.15) is 0 Å². The van der Waals surface area contributed by atoms with Crippen molar-refractivity contribution in [3.05, 3.63) is 33.8 Å². The van der Waals surface area contributed by atoms with Gasteiger partial charge in [-0.25, -0.2) is 0 Å². The highest BCUT2D eigenvalue weighted by molar-refractivity contribution is 9.10. The fourth-order valence-electron chi connectivity index (χ4n) is 1.99. The van der Waals surface area contributed by atoms with Crippen LogP contribution in [0.2, 0.25) is 0 Å². The minimum Gasteiger partial charge on any atom is -0.321 e. The molecule has 0 heterocycles. The molecule has 74 valence electrons. The van der Waals surface area contributed by atoms with E-state index in [4.69, 9.17) is 5.73 Å². The second-order valence-electron chi connectivity index (χ2n) is 4.67. The van der Waals surface area contributed by atoms with Crippen LogP contribution in [0.1, 0.15) is 42.7 Å². The zero-order valence-electron chi connectivity index (χ0n) is 8.09. The van der Waals surface area contributed by atoms with Crippen LogP contribution in [-0.2, 0) is 5.54 Å². The largest absolute Gasteiger partial charge is 0.321 e. The molecule has 2 N–H and O–H groups in total. The van der Waals surface area contributed by atoms with Crippen molar-refractivity contribution in [3.63, 3.8) is 0 Å². The molecular formula is C12H14BrN. The van der Waals surface area contributed by atoms with Crippen LogP contribution in [0.3, 0.4) is 0 Å². The fraction of sp³-hybridized carbons (Fsp3) is 0.500. The number of rotatable bonds is 2. The first-order valence-electron chi connectivity index (χ1n) is 5.28. The van der Waals surface area contributed by atoms with Crippen molar-refractivity contribution in [1.82, 2.24) is 0 Å². The lowest BCUT2D eigenvalue weighted by Crippen LogP contribution is -2.18. The molecule has 1 nitrogen and oxygen atoms in total. The van der Waals surface area contributed by atoms with E-state index in [0.717, 1.165) is 18.8 Å². The van der Waals surface area contributed by atoms with Crippen LogP contribution in [0.25, 0.3) is 0 Å². The summed E-state index contributed by atoms with van der Waals surface area (Å²) in [5.41, 5.74) is 8.93. The SMILES string of the molecule is NC1(c2ccc(C3CC3)c(Br)c2)CC1. The van der Waals surface area contributed by atoms with Crippen LogP contribution < -0.4 is 5.73 Å². The molecule has 1 aromatic carbocycles. The van der Waals surface area contributed by atoms with Crippen molar-refractivity contribution in [2.75, 3.05) is 0 Å². The van der Waals surface area contributed by atoms with Gasteiger partial charge in [0.2, 0.25) is 0 Å². The quantitative estimate of drug-likeness (QED) is 0.858. The summed E-state index contributed by atoms with van der Waals surface area (Å²) in [5.74, 6) is 0.811. The molecule has 0 amide bonds. The Bertz CT molecular complexity index is 378. The fourth-order valence-corrected chi connectivity index (χ4v) is 2.69. The molecule has 2 saturated carbocycles. The van der Waals surface area contributed by atoms with Gasteiger partial charge < -0.3 is 5.73 Å². The van der Waals surface area contributed by atoms with Crippen molar-refractivity contribution in [1.29, 1.82) is 0 Å². The average Bonchev–Trinajstić information content (AvgIpc) is 2.99. The average molecular weight is 252 g/mol. The third-order valence-electron chi connectivity index (χ3n) is 3.38. The van der Waals surface area contributed by atoms with Crippen LogP contribution in [0.5, 0.6) is 0 Å². The Labute approximate surface area is 92.8 Å². The van der Waals surface area contributed by atoms with Gasteiger partial charge in [-0.1, -0.05) is 28.1 Å². The molecule has 2 aliphatic rings. The van der Waals surface area contributed by atoms with E-state index >= 15 is 0 Å². The Kier molecular flexibility index (Phi) is 1.80. The first-order chi connectivity index (χ1) is 6.69. The van der Waals surface area contributed by atoms with Crippen LogP contribution in [-0.4, -0.2) is 0 Å². The normalized spacial score (nSPS) is 23.6. The topological polar surface area (TPSA) is 26.0 Å². The Hall–Kier alpha value is -0.340. The van der Waals surface area contributed by atoms with E-state index in [9.17, 15) is 0 Å². The summed E-state index contributed by atoms with van der Waals surface area (Å²) in [7, 11) is 0. The van der Waals surface area contributed by atoms with E-state index in [1.165, 1.54) is 28.4 Å². The van der Waals surface area contributed by atoms with Crippen molar-refractivity contribution in [3.8, 4) is 0 Å². The molecular weight excluding hydrogens is 238 g/mol. The van der Waals surface area contributed by atoms with Crippen LogP contribution in [0, 0.1) is 0 Å². The summed E-state index contributed by atoms with van der Waals surface area (Å²) in [5, 5.41) is 0. The van der Waals surface area contributed by atoms with Crippen molar-refractivity contribution < 1.29 is 0 Å². The number of hydrogen-bond acceptors (Lipinski definition) is 1. The maximum atomic E-state index is 6.16. The lowest BCUT2D eigenvalue weighted by molar-refractivity contribution is 0.738. The first kappa shape index (κ1) is 8.93. The van der Waals surface area contributed by atoms with Gasteiger partial charge in [0.25, 0.3) is 0 Å². The van der Waals surface area contributed by atoms with E-state index in [0.29, 0.717) is 0 Å². The van der Waals surface area contributed by atoms with E-state index in [-0.39, 0.29) is 5.54 Å². The zero-order chi connectivity index (χ0) is 9.76. The summed E-state index contributed by atoms with van der Waals surface area (Å²) in [4.78, 5) is 0. The van der Waals surface area contributed by atoms with E-state index < -0.39 is 0 Å². The molecule has 0 radical (unpaired) electrons. The monoisotopic (exact) mass is 251 g/mol. The van der Waals surface area contributed by atoms with Crippen LogP contribution >= 0.6 is 15.9 Å². The summed E-state index contributed by atoms with van der Waals surface area (Å²) < 4.78 is 1.26. The summed E-state index contributed by atoms with van der Waals surface area (Å²) >= 11 is 3.65. The Morgan fingerprint density at radius 2 is 2.00 bits per heavy atom. The number of nitrogens with two attached hydrogens (primary N) is 1. The summed E-state index contributed by atoms with van der Waals surface area (Å²) in [6, 6.07) is 6.69. The highest BCUT2D eigenvalue weighted by Gasteiger charge is 2.40. The maximum Gasteiger partial charge on any atom is 0.0411 e. The van der Waals surface area contributed by atoms with Gasteiger partial charge in [0.1, 0.15) is 0 Å².